The van der Waals surface area contributed by atoms with Gasteiger partial charge < -0.3 is 10.1 Å². The Morgan fingerprint density at radius 2 is 1.91 bits per heavy atom. The number of carbonyl (C=O) groups excluding carboxylic acids is 1. The number of nitrogens with zero attached hydrogens (tertiary/aromatic N) is 1. The van der Waals surface area contributed by atoms with E-state index in [-0.39, 0.29) is 11.5 Å². The summed E-state index contributed by atoms with van der Waals surface area (Å²) in [5.74, 6) is -1.13. The van der Waals surface area contributed by atoms with E-state index < -0.39 is 5.97 Å². The molecule has 0 fully saturated rings. The van der Waals surface area contributed by atoms with Crippen LogP contribution < -0.4 is 0 Å². The van der Waals surface area contributed by atoms with E-state index in [1.165, 1.54) is 4.57 Å². The van der Waals surface area contributed by atoms with Crippen LogP contribution in [-0.4, -0.2) is 27.0 Å². The average Bonchev–Trinajstić information content (AvgIpc) is 3.20. The summed E-state index contributed by atoms with van der Waals surface area (Å²) in [7, 11) is 0. The second kappa shape index (κ2) is 5.73. The molecule has 0 aliphatic carbocycles. The first-order valence-electron chi connectivity index (χ1n) is 6.79. The van der Waals surface area contributed by atoms with Crippen LogP contribution in [0.3, 0.4) is 0 Å². The monoisotopic (exact) mass is 294 g/mol. The first-order valence-corrected chi connectivity index (χ1v) is 6.79. The Morgan fingerprint density at radius 1 is 1.14 bits per heavy atom. The molecule has 2 aromatic heterocycles. The maximum Gasteiger partial charge on any atom is 0.335 e. The molecule has 3 rings (SSSR count). The Bertz CT molecular complexity index is 786. The van der Waals surface area contributed by atoms with Crippen molar-refractivity contribution >= 4 is 12.4 Å². The molecule has 22 heavy (non-hydrogen) atoms. The third-order valence-electron chi connectivity index (χ3n) is 3.65. The van der Waals surface area contributed by atoms with Crippen molar-refractivity contribution < 1.29 is 14.7 Å². The molecule has 0 radical (unpaired) electrons. The Balaban J connectivity index is 2.10. The third-order valence-corrected chi connectivity index (χ3v) is 3.65. The number of carboxylic acid groups (broad SMARTS) is 1. The molecule has 2 N–H and O–H groups in total. The molecule has 5 nitrogen and oxygen atoms in total. The van der Waals surface area contributed by atoms with Gasteiger partial charge in [-0.05, 0) is 42.0 Å². The van der Waals surface area contributed by atoms with Gasteiger partial charge in [0.15, 0.2) is 0 Å². The SMILES string of the molecule is O=Cn1cccc1C(c1ccc(C(=O)O)cc1)c1ccc[nH]1. The summed E-state index contributed by atoms with van der Waals surface area (Å²) in [5, 5.41) is 9.01. The van der Waals surface area contributed by atoms with E-state index in [9.17, 15) is 9.59 Å². The number of carboxylic acids is 1. The molecule has 5 heteroatoms. The summed E-state index contributed by atoms with van der Waals surface area (Å²) in [6, 6.07) is 14.2. The van der Waals surface area contributed by atoms with Crippen molar-refractivity contribution in [2.24, 2.45) is 0 Å². The maximum absolute atomic E-state index is 11.2. The number of rotatable bonds is 5. The van der Waals surface area contributed by atoms with Gasteiger partial charge in [0.05, 0.1) is 11.5 Å². The van der Waals surface area contributed by atoms with Gasteiger partial charge in [0.25, 0.3) is 0 Å². The first kappa shape index (κ1) is 13.9. The van der Waals surface area contributed by atoms with Crippen molar-refractivity contribution in [3.63, 3.8) is 0 Å². The lowest BCUT2D eigenvalue weighted by molar-refractivity contribution is 0.0697. The number of aromatic carboxylic acids is 1. The van der Waals surface area contributed by atoms with Gasteiger partial charge in [0.1, 0.15) is 0 Å². The van der Waals surface area contributed by atoms with E-state index >= 15 is 0 Å². The van der Waals surface area contributed by atoms with Crippen LogP contribution in [0.2, 0.25) is 0 Å². The van der Waals surface area contributed by atoms with Crippen LogP contribution in [0.5, 0.6) is 0 Å². The minimum absolute atomic E-state index is 0.168. The minimum Gasteiger partial charge on any atom is -0.478 e. The average molecular weight is 294 g/mol. The van der Waals surface area contributed by atoms with Crippen molar-refractivity contribution in [3.8, 4) is 0 Å². The van der Waals surface area contributed by atoms with Gasteiger partial charge >= 0.3 is 5.97 Å². The van der Waals surface area contributed by atoms with Crippen molar-refractivity contribution in [1.82, 2.24) is 9.55 Å². The van der Waals surface area contributed by atoms with Crippen molar-refractivity contribution in [2.45, 2.75) is 5.92 Å². The Kier molecular flexibility index (Phi) is 3.62. The highest BCUT2D eigenvalue weighted by Gasteiger charge is 2.21. The molecular weight excluding hydrogens is 280 g/mol. The summed E-state index contributed by atoms with van der Waals surface area (Å²) < 4.78 is 1.52. The van der Waals surface area contributed by atoms with E-state index in [1.807, 2.05) is 30.5 Å². The number of nitrogens with one attached hydrogen (secondary N) is 1. The van der Waals surface area contributed by atoms with Crippen LogP contribution in [0.25, 0.3) is 0 Å². The number of benzene rings is 1. The van der Waals surface area contributed by atoms with Crippen molar-refractivity contribution in [3.05, 3.63) is 83.4 Å². The van der Waals surface area contributed by atoms with Crippen LogP contribution in [0.15, 0.2) is 60.9 Å². The summed E-state index contributed by atoms with van der Waals surface area (Å²) >= 11 is 0. The van der Waals surface area contributed by atoms with Gasteiger partial charge in [-0.1, -0.05) is 12.1 Å². The number of carbonyl (C=O) groups is 2. The number of hydrogen-bond donors (Lipinski definition) is 2. The molecule has 1 aromatic carbocycles. The van der Waals surface area contributed by atoms with Crippen LogP contribution in [0.4, 0.5) is 0 Å². The first-order chi connectivity index (χ1) is 10.7. The number of aromatic nitrogens is 2. The summed E-state index contributed by atoms with van der Waals surface area (Å²) in [6.45, 7) is 0. The van der Waals surface area contributed by atoms with Gasteiger partial charge in [-0.2, -0.15) is 0 Å². The van der Waals surface area contributed by atoms with Crippen molar-refractivity contribution in [2.75, 3.05) is 0 Å². The molecule has 0 saturated carbocycles. The van der Waals surface area contributed by atoms with E-state index in [1.54, 1.807) is 30.5 Å². The number of aromatic amines is 1. The van der Waals surface area contributed by atoms with E-state index in [2.05, 4.69) is 4.98 Å². The highest BCUT2D eigenvalue weighted by molar-refractivity contribution is 5.87. The topological polar surface area (TPSA) is 75.1 Å². The Morgan fingerprint density at radius 3 is 2.50 bits per heavy atom. The normalized spacial score (nSPS) is 12.0. The van der Waals surface area contributed by atoms with Gasteiger partial charge in [0, 0.05) is 23.8 Å². The lowest BCUT2D eigenvalue weighted by Gasteiger charge is -2.17. The lowest BCUT2D eigenvalue weighted by Crippen LogP contribution is -2.10. The molecule has 1 unspecified atom stereocenters. The van der Waals surface area contributed by atoms with Gasteiger partial charge in [-0.25, -0.2) is 4.79 Å². The molecule has 2 heterocycles. The smallest absolute Gasteiger partial charge is 0.335 e. The highest BCUT2D eigenvalue weighted by atomic mass is 16.4. The van der Waals surface area contributed by atoms with Gasteiger partial charge in [0.2, 0.25) is 6.41 Å². The molecule has 0 bridgehead atoms. The molecular formula is C17H14N2O3. The fraction of sp³-hybridized carbons (Fsp3) is 0.0588. The summed E-state index contributed by atoms with van der Waals surface area (Å²) in [6.07, 6.45) is 4.28. The van der Waals surface area contributed by atoms with Crippen LogP contribution in [-0.2, 0) is 4.79 Å². The Hall–Kier alpha value is -3.08. The van der Waals surface area contributed by atoms with Gasteiger partial charge in [-0.3, -0.25) is 9.36 Å². The fourth-order valence-electron chi connectivity index (χ4n) is 2.60. The summed E-state index contributed by atoms with van der Waals surface area (Å²) in [5.41, 5.74) is 2.90. The van der Waals surface area contributed by atoms with Crippen molar-refractivity contribution in [1.29, 1.82) is 0 Å². The lowest BCUT2D eigenvalue weighted by atomic mass is 9.92. The molecule has 0 aliphatic heterocycles. The predicted molar refractivity (Wildman–Crippen MR) is 81.7 cm³/mol. The largest absolute Gasteiger partial charge is 0.478 e. The molecule has 1 atom stereocenters. The van der Waals surface area contributed by atoms with Crippen LogP contribution >= 0.6 is 0 Å². The summed E-state index contributed by atoms with van der Waals surface area (Å²) in [4.78, 5) is 25.4. The zero-order valence-electron chi connectivity index (χ0n) is 11.6. The number of H-pyrrole nitrogens is 1. The molecule has 0 saturated heterocycles. The standard InChI is InChI=1S/C17H14N2O3/c20-11-19-10-2-4-15(19)16(14-3-1-9-18-14)12-5-7-13(8-6-12)17(21)22/h1-11,16,18H,(H,21,22). The fourth-order valence-corrected chi connectivity index (χ4v) is 2.60. The van der Waals surface area contributed by atoms with Gasteiger partial charge in [-0.15, -0.1) is 0 Å². The second-order valence-corrected chi connectivity index (χ2v) is 4.93. The van der Waals surface area contributed by atoms with E-state index in [4.69, 9.17) is 5.11 Å². The van der Waals surface area contributed by atoms with Crippen LogP contribution in [0.1, 0.15) is 33.2 Å². The zero-order valence-corrected chi connectivity index (χ0v) is 11.6. The molecule has 0 spiro atoms. The quantitative estimate of drug-likeness (QED) is 0.710. The highest BCUT2D eigenvalue weighted by Crippen LogP contribution is 2.31. The predicted octanol–water partition coefficient (Wildman–Crippen LogP) is 2.73. The molecule has 110 valence electrons. The molecule has 0 aliphatic rings. The third kappa shape index (κ3) is 2.44. The zero-order chi connectivity index (χ0) is 15.5. The molecule has 3 aromatic rings. The number of hydrogen-bond acceptors (Lipinski definition) is 2. The molecule has 0 amide bonds. The van der Waals surface area contributed by atoms with E-state index in [0.29, 0.717) is 0 Å². The second-order valence-electron chi connectivity index (χ2n) is 4.93. The van der Waals surface area contributed by atoms with Crippen LogP contribution in [0, 0.1) is 0 Å². The Labute approximate surface area is 126 Å². The van der Waals surface area contributed by atoms with E-state index in [0.717, 1.165) is 23.4 Å². The maximum atomic E-state index is 11.2. The minimum atomic E-state index is -0.959.